The number of ether oxygens (including phenoxy) is 1. The van der Waals surface area contributed by atoms with E-state index in [1.165, 1.54) is 0 Å². The summed E-state index contributed by atoms with van der Waals surface area (Å²) in [5.41, 5.74) is 0.774. The number of carbonyl (C=O) groups excluding carboxylic acids is 1. The van der Waals surface area contributed by atoms with Crippen molar-refractivity contribution in [1.29, 1.82) is 0 Å². The standard InChI is InChI=1S/C15H25N3O2/c1-16(10-11-20-3)12-13-6-4-9-18(13)15(19)14-7-5-8-17(14)2/h5,7-8,13H,4,6,9-12H2,1-3H3/t13-/m1/s1. The average Bonchev–Trinajstić information content (AvgIpc) is 3.04. The summed E-state index contributed by atoms with van der Waals surface area (Å²) in [6.45, 7) is 3.42. The minimum absolute atomic E-state index is 0.153. The molecule has 1 aromatic heterocycles. The van der Waals surface area contributed by atoms with Gasteiger partial charge in [-0.05, 0) is 32.0 Å². The van der Waals surface area contributed by atoms with Crippen LogP contribution in [0.2, 0.25) is 0 Å². The smallest absolute Gasteiger partial charge is 0.270 e. The number of hydrogen-bond donors (Lipinski definition) is 0. The van der Waals surface area contributed by atoms with Crippen molar-refractivity contribution in [3.05, 3.63) is 24.0 Å². The van der Waals surface area contributed by atoms with Gasteiger partial charge in [0.1, 0.15) is 5.69 Å². The molecule has 0 N–H and O–H groups in total. The maximum absolute atomic E-state index is 12.6. The summed E-state index contributed by atoms with van der Waals surface area (Å²) in [5, 5.41) is 0. The number of carbonyl (C=O) groups is 1. The fraction of sp³-hybridized carbons (Fsp3) is 0.667. The Hall–Kier alpha value is -1.33. The van der Waals surface area contributed by atoms with E-state index in [0.29, 0.717) is 6.04 Å². The van der Waals surface area contributed by atoms with Gasteiger partial charge >= 0.3 is 0 Å². The summed E-state index contributed by atoms with van der Waals surface area (Å²) in [6.07, 6.45) is 4.11. The Morgan fingerprint density at radius 1 is 1.55 bits per heavy atom. The van der Waals surface area contributed by atoms with E-state index < -0.39 is 0 Å². The van der Waals surface area contributed by atoms with Gasteiger partial charge in [0.15, 0.2) is 0 Å². The van der Waals surface area contributed by atoms with Crippen molar-refractivity contribution in [2.75, 3.05) is 40.4 Å². The summed E-state index contributed by atoms with van der Waals surface area (Å²) < 4.78 is 7.00. The fourth-order valence-electron chi connectivity index (χ4n) is 2.82. The van der Waals surface area contributed by atoms with Crippen LogP contribution in [-0.2, 0) is 11.8 Å². The second-order valence-electron chi connectivity index (χ2n) is 5.55. The first-order chi connectivity index (χ1) is 9.63. The number of nitrogens with zero attached hydrogens (tertiary/aromatic N) is 3. The number of likely N-dealkylation sites (tertiary alicyclic amines) is 1. The molecule has 0 radical (unpaired) electrons. The Balaban J connectivity index is 1.97. The van der Waals surface area contributed by atoms with E-state index in [1.54, 1.807) is 7.11 Å². The van der Waals surface area contributed by atoms with Crippen LogP contribution in [0.4, 0.5) is 0 Å². The second kappa shape index (κ2) is 6.90. The molecule has 0 aromatic carbocycles. The van der Waals surface area contributed by atoms with Gasteiger partial charge in [0.05, 0.1) is 6.61 Å². The Morgan fingerprint density at radius 2 is 2.35 bits per heavy atom. The molecule has 1 aromatic rings. The first-order valence-electron chi connectivity index (χ1n) is 7.23. The monoisotopic (exact) mass is 279 g/mol. The lowest BCUT2D eigenvalue weighted by molar-refractivity contribution is 0.0688. The highest BCUT2D eigenvalue weighted by molar-refractivity contribution is 5.93. The van der Waals surface area contributed by atoms with Crippen molar-refractivity contribution in [1.82, 2.24) is 14.4 Å². The van der Waals surface area contributed by atoms with Crippen molar-refractivity contribution < 1.29 is 9.53 Å². The highest BCUT2D eigenvalue weighted by Crippen LogP contribution is 2.20. The van der Waals surface area contributed by atoms with Crippen molar-refractivity contribution in [2.24, 2.45) is 7.05 Å². The molecule has 5 nitrogen and oxygen atoms in total. The van der Waals surface area contributed by atoms with Crippen molar-refractivity contribution >= 4 is 5.91 Å². The third kappa shape index (κ3) is 3.41. The molecular weight excluding hydrogens is 254 g/mol. The van der Waals surface area contributed by atoms with E-state index in [9.17, 15) is 4.79 Å². The van der Waals surface area contributed by atoms with Crippen molar-refractivity contribution in [3.8, 4) is 0 Å². The summed E-state index contributed by atoms with van der Waals surface area (Å²) in [6, 6.07) is 4.13. The Morgan fingerprint density at radius 3 is 3.00 bits per heavy atom. The normalized spacial score (nSPS) is 19.0. The number of aromatic nitrogens is 1. The van der Waals surface area contributed by atoms with Gasteiger partial charge in [-0.1, -0.05) is 0 Å². The summed E-state index contributed by atoms with van der Waals surface area (Å²) in [5.74, 6) is 0.153. The van der Waals surface area contributed by atoms with Crippen LogP contribution in [0, 0.1) is 0 Å². The lowest BCUT2D eigenvalue weighted by atomic mass is 10.2. The number of methoxy groups -OCH3 is 1. The minimum atomic E-state index is 0.153. The quantitative estimate of drug-likeness (QED) is 0.785. The van der Waals surface area contributed by atoms with Gasteiger partial charge in [0, 0.05) is 46.0 Å². The van der Waals surface area contributed by atoms with Crippen LogP contribution in [0.3, 0.4) is 0 Å². The first kappa shape index (κ1) is 15.1. The van der Waals surface area contributed by atoms with Crippen molar-refractivity contribution in [2.45, 2.75) is 18.9 Å². The van der Waals surface area contributed by atoms with E-state index in [2.05, 4.69) is 11.9 Å². The molecule has 0 unspecified atom stereocenters. The molecule has 5 heteroatoms. The van der Waals surface area contributed by atoms with Crippen LogP contribution in [0.15, 0.2) is 18.3 Å². The number of amides is 1. The second-order valence-corrected chi connectivity index (χ2v) is 5.55. The highest BCUT2D eigenvalue weighted by atomic mass is 16.5. The maximum Gasteiger partial charge on any atom is 0.270 e. The van der Waals surface area contributed by atoms with Gasteiger partial charge in [0.25, 0.3) is 5.91 Å². The van der Waals surface area contributed by atoms with E-state index >= 15 is 0 Å². The van der Waals surface area contributed by atoms with Gasteiger partial charge in [-0.2, -0.15) is 0 Å². The molecule has 20 heavy (non-hydrogen) atoms. The molecule has 1 aliphatic rings. The molecule has 2 heterocycles. The largest absolute Gasteiger partial charge is 0.383 e. The van der Waals surface area contributed by atoms with Gasteiger partial charge in [-0.15, -0.1) is 0 Å². The van der Waals surface area contributed by atoms with Crippen molar-refractivity contribution in [3.63, 3.8) is 0 Å². The molecule has 0 bridgehead atoms. The molecule has 112 valence electrons. The Bertz CT molecular complexity index is 444. The van der Waals surface area contributed by atoms with Crippen LogP contribution < -0.4 is 0 Å². The van der Waals surface area contributed by atoms with Gasteiger partial charge < -0.3 is 19.1 Å². The van der Waals surface area contributed by atoms with E-state index in [4.69, 9.17) is 4.74 Å². The van der Waals surface area contributed by atoms with Gasteiger partial charge in [0.2, 0.25) is 0 Å². The molecule has 2 rings (SSSR count). The zero-order valence-corrected chi connectivity index (χ0v) is 12.7. The number of aryl methyl sites for hydroxylation is 1. The molecule has 1 saturated heterocycles. The number of hydrogen-bond acceptors (Lipinski definition) is 3. The average molecular weight is 279 g/mol. The summed E-state index contributed by atoms with van der Waals surface area (Å²) >= 11 is 0. The molecule has 0 spiro atoms. The summed E-state index contributed by atoms with van der Waals surface area (Å²) in [7, 11) is 5.72. The molecule has 1 fully saturated rings. The predicted molar refractivity (Wildman–Crippen MR) is 78.8 cm³/mol. The summed E-state index contributed by atoms with van der Waals surface area (Å²) in [4.78, 5) is 16.9. The molecule has 1 aliphatic heterocycles. The molecule has 0 aliphatic carbocycles. The zero-order chi connectivity index (χ0) is 14.5. The van der Waals surface area contributed by atoms with Gasteiger partial charge in [-0.25, -0.2) is 0 Å². The van der Waals surface area contributed by atoms with E-state index in [1.807, 2.05) is 34.8 Å². The molecular formula is C15H25N3O2. The Labute approximate surface area is 121 Å². The third-order valence-electron chi connectivity index (χ3n) is 4.00. The van der Waals surface area contributed by atoms with Crippen LogP contribution in [0.5, 0.6) is 0 Å². The maximum atomic E-state index is 12.6. The highest BCUT2D eigenvalue weighted by Gasteiger charge is 2.30. The van der Waals surface area contributed by atoms with E-state index in [0.717, 1.165) is 44.8 Å². The topological polar surface area (TPSA) is 37.7 Å². The predicted octanol–water partition coefficient (Wildman–Crippen LogP) is 1.21. The van der Waals surface area contributed by atoms with Gasteiger partial charge in [-0.3, -0.25) is 4.79 Å². The minimum Gasteiger partial charge on any atom is -0.383 e. The van der Waals surface area contributed by atoms with Crippen LogP contribution in [0.25, 0.3) is 0 Å². The molecule has 0 saturated carbocycles. The lowest BCUT2D eigenvalue weighted by Gasteiger charge is -2.28. The first-order valence-corrected chi connectivity index (χ1v) is 7.23. The fourth-order valence-corrected chi connectivity index (χ4v) is 2.82. The molecule has 1 amide bonds. The zero-order valence-electron chi connectivity index (χ0n) is 12.7. The Kier molecular flexibility index (Phi) is 5.20. The van der Waals surface area contributed by atoms with Crippen LogP contribution in [0.1, 0.15) is 23.3 Å². The lowest BCUT2D eigenvalue weighted by Crippen LogP contribution is -2.43. The van der Waals surface area contributed by atoms with Crippen LogP contribution in [-0.4, -0.2) is 66.7 Å². The van der Waals surface area contributed by atoms with E-state index in [-0.39, 0.29) is 5.91 Å². The number of rotatable bonds is 6. The molecule has 1 atom stereocenters. The SMILES string of the molecule is COCCN(C)C[C@H]1CCCN1C(=O)c1cccn1C. The third-order valence-corrected chi connectivity index (χ3v) is 4.00. The number of likely N-dealkylation sites (N-methyl/N-ethyl adjacent to an activating group) is 1. The van der Waals surface area contributed by atoms with Crippen LogP contribution >= 0.6 is 0 Å².